The highest BCUT2D eigenvalue weighted by Crippen LogP contribution is 2.14. The summed E-state index contributed by atoms with van der Waals surface area (Å²) in [5, 5.41) is 11.1. The molecule has 2 heterocycles. The summed E-state index contributed by atoms with van der Waals surface area (Å²) in [6.45, 7) is 6.12. The molecule has 15 heavy (non-hydrogen) atoms. The van der Waals surface area contributed by atoms with Crippen molar-refractivity contribution < 1.29 is 0 Å². The fourth-order valence-corrected chi connectivity index (χ4v) is 1.28. The van der Waals surface area contributed by atoms with E-state index in [4.69, 9.17) is 0 Å². The average Bonchev–Trinajstić information content (AvgIpc) is 2.88. The van der Waals surface area contributed by atoms with E-state index in [1.54, 1.807) is 11.0 Å². The first-order chi connectivity index (χ1) is 7.18. The molecule has 0 saturated carbocycles. The number of H-pyrrole nitrogens is 1. The molecular weight excluding hydrogens is 192 g/mol. The van der Waals surface area contributed by atoms with Gasteiger partial charge in [-0.1, -0.05) is 13.8 Å². The normalized spacial score (nSPS) is 13.3. The molecule has 1 unspecified atom stereocenters. The Morgan fingerprint density at radius 1 is 1.33 bits per heavy atom. The standard InChI is InChI=1S/C9H14N6/c1-6(2)8-12-9(14-13-8)7(3)15-5-10-4-11-15/h4-7H,1-3H3,(H,12,13,14). The lowest BCUT2D eigenvalue weighted by atomic mass is 10.2. The average molecular weight is 206 g/mol. The van der Waals surface area contributed by atoms with Crippen molar-refractivity contribution in [2.24, 2.45) is 0 Å². The minimum atomic E-state index is 0.0347. The van der Waals surface area contributed by atoms with E-state index in [9.17, 15) is 0 Å². The number of hydrogen-bond donors (Lipinski definition) is 1. The number of aromatic amines is 1. The van der Waals surface area contributed by atoms with Crippen LogP contribution in [0.2, 0.25) is 0 Å². The largest absolute Gasteiger partial charge is 0.261 e. The molecule has 0 bridgehead atoms. The van der Waals surface area contributed by atoms with Crippen molar-refractivity contribution in [3.8, 4) is 0 Å². The molecule has 1 atom stereocenters. The van der Waals surface area contributed by atoms with E-state index in [0.29, 0.717) is 5.92 Å². The van der Waals surface area contributed by atoms with E-state index < -0.39 is 0 Å². The van der Waals surface area contributed by atoms with Gasteiger partial charge in [-0.25, -0.2) is 14.6 Å². The van der Waals surface area contributed by atoms with Gasteiger partial charge >= 0.3 is 0 Å². The van der Waals surface area contributed by atoms with Gasteiger partial charge < -0.3 is 0 Å². The summed E-state index contributed by atoms with van der Waals surface area (Å²) in [4.78, 5) is 8.31. The summed E-state index contributed by atoms with van der Waals surface area (Å²) < 4.78 is 1.74. The Bertz CT molecular complexity index is 416. The van der Waals surface area contributed by atoms with Crippen LogP contribution in [-0.2, 0) is 0 Å². The molecule has 0 saturated heterocycles. The third kappa shape index (κ3) is 1.88. The van der Waals surface area contributed by atoms with Crippen molar-refractivity contribution in [1.82, 2.24) is 29.9 Å². The highest BCUT2D eigenvalue weighted by molar-refractivity contribution is 4.99. The van der Waals surface area contributed by atoms with Crippen LogP contribution < -0.4 is 0 Å². The van der Waals surface area contributed by atoms with Crippen LogP contribution in [0.4, 0.5) is 0 Å². The van der Waals surface area contributed by atoms with Gasteiger partial charge in [-0.2, -0.15) is 10.2 Å². The Labute approximate surface area is 87.8 Å². The van der Waals surface area contributed by atoms with Gasteiger partial charge in [0.15, 0.2) is 5.82 Å². The van der Waals surface area contributed by atoms with E-state index >= 15 is 0 Å². The second kappa shape index (κ2) is 3.80. The SMILES string of the molecule is CC(C)c1n[nH]c(C(C)n2cncn2)n1. The van der Waals surface area contributed by atoms with Crippen LogP contribution in [0.5, 0.6) is 0 Å². The molecule has 0 amide bonds. The van der Waals surface area contributed by atoms with Crippen LogP contribution in [0.15, 0.2) is 12.7 Å². The minimum absolute atomic E-state index is 0.0347. The Kier molecular flexibility index (Phi) is 2.49. The van der Waals surface area contributed by atoms with Crippen LogP contribution >= 0.6 is 0 Å². The van der Waals surface area contributed by atoms with Crippen molar-refractivity contribution in [3.63, 3.8) is 0 Å². The molecule has 2 aromatic rings. The van der Waals surface area contributed by atoms with E-state index in [2.05, 4.69) is 39.1 Å². The predicted octanol–water partition coefficient (Wildman–Crippen LogP) is 1.13. The number of hydrogen-bond acceptors (Lipinski definition) is 4. The lowest BCUT2D eigenvalue weighted by Crippen LogP contribution is -2.09. The molecule has 1 N–H and O–H groups in total. The molecule has 0 fully saturated rings. The predicted molar refractivity (Wildman–Crippen MR) is 54.3 cm³/mol. The van der Waals surface area contributed by atoms with E-state index in [0.717, 1.165) is 11.6 Å². The maximum Gasteiger partial charge on any atom is 0.153 e. The number of aromatic nitrogens is 6. The summed E-state index contributed by atoms with van der Waals surface area (Å²) in [7, 11) is 0. The zero-order chi connectivity index (χ0) is 10.8. The monoisotopic (exact) mass is 206 g/mol. The van der Waals surface area contributed by atoms with Gasteiger partial charge in [0, 0.05) is 5.92 Å². The molecule has 0 aliphatic rings. The van der Waals surface area contributed by atoms with Gasteiger partial charge in [-0.05, 0) is 6.92 Å². The van der Waals surface area contributed by atoms with Gasteiger partial charge in [-0.15, -0.1) is 0 Å². The molecule has 0 aliphatic carbocycles. The van der Waals surface area contributed by atoms with Gasteiger partial charge in [-0.3, -0.25) is 5.10 Å². The molecule has 2 aromatic heterocycles. The van der Waals surface area contributed by atoms with Crippen molar-refractivity contribution in [3.05, 3.63) is 24.3 Å². The summed E-state index contributed by atoms with van der Waals surface area (Å²) in [5.74, 6) is 1.97. The first-order valence-electron chi connectivity index (χ1n) is 4.94. The highest BCUT2D eigenvalue weighted by atomic mass is 15.4. The number of nitrogens with one attached hydrogen (secondary N) is 1. The van der Waals surface area contributed by atoms with Gasteiger partial charge in [0.25, 0.3) is 0 Å². The zero-order valence-corrected chi connectivity index (χ0v) is 9.05. The van der Waals surface area contributed by atoms with E-state index in [-0.39, 0.29) is 6.04 Å². The summed E-state index contributed by atoms with van der Waals surface area (Å²) in [5.41, 5.74) is 0. The van der Waals surface area contributed by atoms with Gasteiger partial charge in [0.2, 0.25) is 0 Å². The minimum Gasteiger partial charge on any atom is -0.261 e. The van der Waals surface area contributed by atoms with Crippen LogP contribution in [0.3, 0.4) is 0 Å². The first-order valence-corrected chi connectivity index (χ1v) is 4.94. The van der Waals surface area contributed by atoms with Gasteiger partial charge in [0.1, 0.15) is 24.5 Å². The lowest BCUT2D eigenvalue weighted by Gasteiger charge is -2.06. The van der Waals surface area contributed by atoms with Crippen LogP contribution in [0.25, 0.3) is 0 Å². The molecule has 0 spiro atoms. The molecule has 0 radical (unpaired) electrons. The molecule has 6 nitrogen and oxygen atoms in total. The van der Waals surface area contributed by atoms with Crippen LogP contribution in [-0.4, -0.2) is 29.9 Å². The maximum atomic E-state index is 4.41. The summed E-state index contributed by atoms with van der Waals surface area (Å²) in [6.07, 6.45) is 3.18. The zero-order valence-electron chi connectivity index (χ0n) is 9.05. The number of rotatable bonds is 3. The van der Waals surface area contributed by atoms with Crippen LogP contribution in [0, 0.1) is 0 Å². The Balaban J connectivity index is 2.23. The second-order valence-electron chi connectivity index (χ2n) is 3.79. The fraction of sp³-hybridized carbons (Fsp3) is 0.556. The third-order valence-electron chi connectivity index (χ3n) is 2.27. The summed E-state index contributed by atoms with van der Waals surface area (Å²) in [6, 6.07) is 0.0347. The second-order valence-corrected chi connectivity index (χ2v) is 3.79. The quantitative estimate of drug-likeness (QED) is 0.817. The van der Waals surface area contributed by atoms with Crippen molar-refractivity contribution in [2.45, 2.75) is 32.7 Å². The molecule has 0 aromatic carbocycles. The van der Waals surface area contributed by atoms with Gasteiger partial charge in [0.05, 0.1) is 0 Å². The van der Waals surface area contributed by atoms with Crippen molar-refractivity contribution >= 4 is 0 Å². The van der Waals surface area contributed by atoms with E-state index in [1.807, 2.05) is 6.92 Å². The highest BCUT2D eigenvalue weighted by Gasteiger charge is 2.14. The van der Waals surface area contributed by atoms with Crippen molar-refractivity contribution in [2.75, 3.05) is 0 Å². The molecule has 0 aliphatic heterocycles. The molecular formula is C9H14N6. The molecule has 80 valence electrons. The number of nitrogens with zero attached hydrogens (tertiary/aromatic N) is 5. The Morgan fingerprint density at radius 3 is 2.67 bits per heavy atom. The van der Waals surface area contributed by atoms with Crippen molar-refractivity contribution in [1.29, 1.82) is 0 Å². The maximum absolute atomic E-state index is 4.41. The Morgan fingerprint density at radius 2 is 2.13 bits per heavy atom. The smallest absolute Gasteiger partial charge is 0.153 e. The topological polar surface area (TPSA) is 72.3 Å². The van der Waals surface area contributed by atoms with E-state index in [1.165, 1.54) is 6.33 Å². The molecule has 6 heteroatoms. The third-order valence-corrected chi connectivity index (χ3v) is 2.27. The summed E-state index contributed by atoms with van der Waals surface area (Å²) >= 11 is 0. The van der Waals surface area contributed by atoms with Crippen LogP contribution in [0.1, 0.15) is 44.4 Å². The first kappa shape index (κ1) is 9.82. The Hall–Kier alpha value is -1.72. The molecule has 2 rings (SSSR count). The lowest BCUT2D eigenvalue weighted by molar-refractivity contribution is 0.536. The fourth-order valence-electron chi connectivity index (χ4n) is 1.28.